The van der Waals surface area contributed by atoms with Crippen LogP contribution in [0.1, 0.15) is 109 Å². The van der Waals surface area contributed by atoms with Crippen molar-refractivity contribution < 1.29 is 28.4 Å². The molecule has 0 radical (unpaired) electrons. The highest BCUT2D eigenvalue weighted by atomic mass is 16.5. The van der Waals surface area contributed by atoms with Gasteiger partial charge in [0.25, 0.3) is 16.7 Å². The average Bonchev–Trinajstić information content (AvgIpc) is 0.786. The van der Waals surface area contributed by atoms with Gasteiger partial charge < -0.3 is 85.1 Å². The quantitative estimate of drug-likeness (QED) is 0.0167. The normalized spacial score (nSPS) is 16.0. The number of aryl methyl sites for hydroxylation is 6. The highest BCUT2D eigenvalue weighted by Crippen LogP contribution is 2.40. The van der Waals surface area contributed by atoms with Crippen molar-refractivity contribution >= 4 is 66.8 Å². The lowest BCUT2D eigenvalue weighted by Gasteiger charge is -2.40. The molecule has 101 heavy (non-hydrogen) atoms. The first-order valence-electron chi connectivity index (χ1n) is 35.2. The van der Waals surface area contributed by atoms with Gasteiger partial charge in [-0.2, -0.15) is 0 Å². The van der Waals surface area contributed by atoms with Crippen molar-refractivity contribution in [3.05, 3.63) is 173 Å². The molecule has 2 aliphatic carbocycles. The summed E-state index contributed by atoms with van der Waals surface area (Å²) in [6.45, 7) is 18.7. The van der Waals surface area contributed by atoms with Gasteiger partial charge in [-0.05, 0) is 199 Å². The number of nitrogens with one attached hydrogen (secondary N) is 7. The lowest BCUT2D eigenvalue weighted by atomic mass is 9.89. The number of rotatable bonds is 28. The Morgan fingerprint density at radius 1 is 0.455 bits per heavy atom. The van der Waals surface area contributed by atoms with Crippen molar-refractivity contribution in [3.63, 3.8) is 0 Å². The Labute approximate surface area is 593 Å². The van der Waals surface area contributed by atoms with Crippen LogP contribution in [0.2, 0.25) is 0 Å². The molecule has 0 aliphatic heterocycles. The van der Waals surface area contributed by atoms with Gasteiger partial charge in [-0.1, -0.05) is 0 Å². The van der Waals surface area contributed by atoms with E-state index in [4.69, 9.17) is 34.2 Å². The standard InChI is InChI=1S/C30H43N5O3.C28H39N5O3.C20H24N4O3/c1-7-35(23-10-8-22(9-11-23)34(4)5)28-18-24(38-15-14-37-6)17-26-25(28)12-13-31-29(26)32-19-27-20(2)16-21(3)33-30(27)36;1-18-14-19(2)31-28(34)25(18)17-30-27-24-15-22(36-13-12-35-5)16-26(23(24)10-11-29-27)32-20-6-8-21(9-7-20)33(3)4;1-12-8-13(2)24-20(25)17(12)11-23-19-16-9-14(27-7-6-26-3)10-18(21)15(16)4-5-22-19/h12-13,16-18,22-23H,7-11,14-15,19H2,1-6H3,(H,31,32)(H,33,36);10-11,14-16,20-21,32H,6-9,12-13,17H2,1-5H3,(H,29,30)(H,31,34);4-5,8-10H,6-7,11,21H2,1-3H3,(H,22,23)(H,24,25). The fourth-order valence-electron chi connectivity index (χ4n) is 13.8. The summed E-state index contributed by atoms with van der Waals surface area (Å²) >= 11 is 0. The number of H-pyrrole nitrogens is 3. The van der Waals surface area contributed by atoms with Gasteiger partial charge in [0.1, 0.15) is 54.5 Å². The molecule has 3 aromatic carbocycles. The molecule has 11 rings (SSSR count). The molecular weight excluding hydrogens is 1280 g/mol. The molecule has 2 fully saturated rings. The number of nitrogens with two attached hydrogens (primary N) is 1. The summed E-state index contributed by atoms with van der Waals surface area (Å²) in [5.41, 5.74) is 16.3. The molecule has 0 amide bonds. The number of ether oxygens (including phenoxy) is 6. The molecule has 0 unspecified atom stereocenters. The second-order valence-electron chi connectivity index (χ2n) is 26.9. The Balaban J connectivity index is 0.000000179. The maximum absolute atomic E-state index is 12.6. The average molecular weight is 1380 g/mol. The Morgan fingerprint density at radius 3 is 1.23 bits per heavy atom. The molecule has 2 aliphatic rings. The third-order valence-corrected chi connectivity index (χ3v) is 19.3. The molecular formula is C78H106N14O9. The number of hydrogen-bond donors (Lipinski definition) is 8. The van der Waals surface area contributed by atoms with Crippen LogP contribution < -0.4 is 62.8 Å². The molecule has 6 aromatic heterocycles. The highest BCUT2D eigenvalue weighted by molar-refractivity contribution is 6.03. The highest BCUT2D eigenvalue weighted by Gasteiger charge is 2.29. The summed E-state index contributed by atoms with van der Waals surface area (Å²) in [4.78, 5) is 66.9. The summed E-state index contributed by atoms with van der Waals surface area (Å²) in [5, 5.41) is 19.8. The largest absolute Gasteiger partial charge is 0.491 e. The summed E-state index contributed by atoms with van der Waals surface area (Å²) in [6, 6.07) is 26.1. The summed E-state index contributed by atoms with van der Waals surface area (Å²) < 4.78 is 33.2. The van der Waals surface area contributed by atoms with Crippen molar-refractivity contribution in [2.75, 3.05) is 128 Å². The zero-order valence-electron chi connectivity index (χ0n) is 61.6. The number of pyridine rings is 6. The minimum absolute atomic E-state index is 0.0648. The van der Waals surface area contributed by atoms with Crippen molar-refractivity contribution in [2.24, 2.45) is 0 Å². The maximum Gasteiger partial charge on any atom is 0.253 e. The third-order valence-electron chi connectivity index (χ3n) is 19.3. The van der Waals surface area contributed by atoms with Crippen molar-refractivity contribution in [3.8, 4) is 17.2 Å². The number of aromatic nitrogens is 6. The third kappa shape index (κ3) is 20.1. The molecule has 6 heterocycles. The smallest absolute Gasteiger partial charge is 0.253 e. The Kier molecular flexibility index (Phi) is 27.3. The van der Waals surface area contributed by atoms with Gasteiger partial charge in [0, 0.05) is 192 Å². The molecule has 0 saturated heterocycles. The predicted octanol–water partition coefficient (Wildman–Crippen LogP) is 12.1. The molecule has 2 saturated carbocycles. The molecule has 542 valence electrons. The molecule has 23 heteroatoms. The van der Waals surface area contributed by atoms with Crippen LogP contribution >= 0.6 is 0 Å². The van der Waals surface area contributed by atoms with E-state index in [0.29, 0.717) is 112 Å². The lowest BCUT2D eigenvalue weighted by molar-refractivity contribution is 0.146. The number of benzene rings is 3. The van der Waals surface area contributed by atoms with Crippen LogP contribution in [0.15, 0.2) is 106 Å². The number of anilines is 6. The number of nitrogen functional groups attached to an aromatic ring is 1. The zero-order chi connectivity index (χ0) is 72.3. The van der Waals surface area contributed by atoms with Crippen molar-refractivity contribution in [1.29, 1.82) is 0 Å². The number of hydrogen-bond acceptors (Lipinski definition) is 20. The van der Waals surface area contributed by atoms with E-state index >= 15 is 0 Å². The molecule has 0 spiro atoms. The first kappa shape index (κ1) is 75.9. The summed E-state index contributed by atoms with van der Waals surface area (Å²) in [6.07, 6.45) is 14.7. The molecule has 0 bridgehead atoms. The van der Waals surface area contributed by atoms with E-state index in [1.54, 1.807) is 33.6 Å². The van der Waals surface area contributed by atoms with E-state index in [-0.39, 0.29) is 16.7 Å². The Bertz CT molecular complexity index is 4410. The van der Waals surface area contributed by atoms with Crippen molar-refractivity contribution in [1.82, 2.24) is 39.7 Å². The minimum Gasteiger partial charge on any atom is -0.491 e. The molecule has 9 N–H and O–H groups in total. The summed E-state index contributed by atoms with van der Waals surface area (Å²) in [7, 11) is 13.7. The molecule has 0 atom stereocenters. The second kappa shape index (κ2) is 36.4. The first-order chi connectivity index (χ1) is 48.7. The Morgan fingerprint density at radius 2 is 0.822 bits per heavy atom. The fourth-order valence-corrected chi connectivity index (χ4v) is 13.8. The van der Waals surface area contributed by atoms with E-state index < -0.39 is 0 Å². The number of nitrogens with zero attached hydrogens (tertiary/aromatic N) is 6. The maximum atomic E-state index is 12.6. The Hall–Kier alpha value is -9.26. The van der Waals surface area contributed by atoms with Crippen LogP contribution in [-0.4, -0.2) is 160 Å². The van der Waals surface area contributed by atoms with Crippen LogP contribution in [0.3, 0.4) is 0 Å². The fraction of sp³-hybridized carbons (Fsp3) is 0.462. The van der Waals surface area contributed by atoms with Gasteiger partial charge in [-0.15, -0.1) is 0 Å². The van der Waals surface area contributed by atoms with Crippen LogP contribution in [-0.2, 0) is 33.8 Å². The first-order valence-corrected chi connectivity index (χ1v) is 35.2. The molecule has 23 nitrogen and oxygen atoms in total. The lowest BCUT2D eigenvalue weighted by Crippen LogP contribution is -2.42. The predicted molar refractivity (Wildman–Crippen MR) is 409 cm³/mol. The molecule has 9 aromatic rings. The van der Waals surface area contributed by atoms with Gasteiger partial charge in [0.05, 0.1) is 19.8 Å². The van der Waals surface area contributed by atoms with E-state index in [1.165, 1.54) is 44.2 Å². The van der Waals surface area contributed by atoms with Crippen LogP contribution in [0.4, 0.5) is 34.5 Å². The monoisotopic (exact) mass is 1380 g/mol. The van der Waals surface area contributed by atoms with Gasteiger partial charge in [-0.3, -0.25) is 14.4 Å². The SMILES string of the molecule is CCN(c1cc(OCCOC)cc2c(NCc3c(C)cc(C)[nH]c3=O)nccc12)C1CCC(N(C)C)CC1.COCCOc1cc(N)c2ccnc(NCc3c(C)cc(C)[nH]c3=O)c2c1.COCCOc1cc(NC2CCC(N(C)C)CC2)c2ccnc(NCc3c(C)cc(C)[nH]c3=O)c2c1. The van der Waals surface area contributed by atoms with Crippen molar-refractivity contribution in [2.45, 2.75) is 144 Å². The number of aromatic amines is 3. The topological polar surface area (TPSA) is 276 Å². The van der Waals surface area contributed by atoms with Crippen LogP contribution in [0.25, 0.3) is 32.3 Å². The van der Waals surface area contributed by atoms with Crippen LogP contribution in [0, 0.1) is 41.5 Å². The van der Waals surface area contributed by atoms with Gasteiger partial charge in [0.15, 0.2) is 0 Å². The summed E-state index contributed by atoms with van der Waals surface area (Å²) in [5.74, 6) is 4.33. The van der Waals surface area contributed by atoms with Gasteiger partial charge in [-0.25, -0.2) is 15.0 Å². The minimum atomic E-state index is -0.0941. The van der Waals surface area contributed by atoms with E-state index in [2.05, 4.69) is 119 Å². The van der Waals surface area contributed by atoms with Crippen LogP contribution in [0.5, 0.6) is 17.2 Å². The number of methoxy groups -OCH3 is 3. The van der Waals surface area contributed by atoms with E-state index in [1.807, 2.05) is 102 Å². The number of fused-ring (bicyclic) bond motifs is 3. The van der Waals surface area contributed by atoms with E-state index in [0.717, 1.165) is 120 Å². The van der Waals surface area contributed by atoms with Gasteiger partial charge in [0.2, 0.25) is 0 Å². The van der Waals surface area contributed by atoms with E-state index in [9.17, 15) is 14.4 Å². The second-order valence-corrected chi connectivity index (χ2v) is 26.9. The zero-order valence-corrected chi connectivity index (χ0v) is 61.6. The van der Waals surface area contributed by atoms with Gasteiger partial charge >= 0.3 is 0 Å².